The number of hydrogen-bond donors (Lipinski definition) is 1. The smallest absolute Gasteiger partial charge is 0.274 e. The fourth-order valence-electron chi connectivity index (χ4n) is 2.41. The summed E-state index contributed by atoms with van der Waals surface area (Å²) < 4.78 is 1.70. The molecule has 1 amide bonds. The number of nitriles is 1. The molecule has 1 N–H and O–H groups in total. The number of amides is 1. The monoisotopic (exact) mass is 483 g/mol. The first-order valence-electron chi connectivity index (χ1n) is 7.38. The van der Waals surface area contributed by atoms with Crippen LogP contribution in [-0.2, 0) is 0 Å². The number of nitrogens with one attached hydrogen (secondary N) is 1. The third-order valence-electron chi connectivity index (χ3n) is 3.56. The van der Waals surface area contributed by atoms with Gasteiger partial charge in [-0.25, -0.2) is 9.67 Å². The summed E-state index contributed by atoms with van der Waals surface area (Å²) in [6.07, 6.45) is 1.40. The molecule has 0 saturated carbocycles. The highest BCUT2D eigenvalue weighted by atomic mass is 79.9. The van der Waals surface area contributed by atoms with Gasteiger partial charge in [0.05, 0.1) is 21.3 Å². The van der Waals surface area contributed by atoms with E-state index in [0.717, 1.165) is 0 Å². The van der Waals surface area contributed by atoms with Crippen LogP contribution in [-0.4, -0.2) is 20.7 Å². The lowest BCUT2D eigenvalue weighted by atomic mass is 10.1. The van der Waals surface area contributed by atoms with Gasteiger partial charge in [-0.2, -0.15) is 10.4 Å². The number of halogens is 4. The Morgan fingerprint density at radius 2 is 1.96 bits per heavy atom. The number of aryl methyl sites for hydroxylation is 1. The van der Waals surface area contributed by atoms with E-state index in [0.29, 0.717) is 25.9 Å². The molecule has 0 saturated heterocycles. The zero-order chi connectivity index (χ0) is 19.7. The molecule has 6 nitrogen and oxygen atoms in total. The van der Waals surface area contributed by atoms with Crippen LogP contribution in [0.4, 0.5) is 5.69 Å². The first kappa shape index (κ1) is 19.6. The molecule has 0 aliphatic carbocycles. The van der Waals surface area contributed by atoms with Crippen molar-refractivity contribution < 1.29 is 4.79 Å². The Kier molecular flexibility index (Phi) is 5.72. The van der Waals surface area contributed by atoms with Gasteiger partial charge in [0, 0.05) is 17.3 Å². The molecule has 0 bridgehead atoms. The number of carbonyl (C=O) groups is 1. The summed E-state index contributed by atoms with van der Waals surface area (Å²) in [6, 6.07) is 8.17. The van der Waals surface area contributed by atoms with Crippen LogP contribution in [0.1, 0.15) is 21.6 Å². The third kappa shape index (κ3) is 4.09. The molecule has 2 aromatic heterocycles. The first-order chi connectivity index (χ1) is 12.8. The number of hydrogen-bond acceptors (Lipinski definition) is 4. The molecule has 0 atom stereocenters. The van der Waals surface area contributed by atoms with Crippen LogP contribution in [0.15, 0.2) is 35.1 Å². The van der Waals surface area contributed by atoms with Crippen molar-refractivity contribution >= 4 is 62.3 Å². The van der Waals surface area contributed by atoms with Crippen molar-refractivity contribution in [3.8, 4) is 11.9 Å². The van der Waals surface area contributed by atoms with Crippen molar-refractivity contribution in [1.29, 1.82) is 5.26 Å². The number of carbonyl (C=O) groups excluding carboxylic acids is 1. The molecule has 0 aliphatic rings. The molecule has 27 heavy (non-hydrogen) atoms. The van der Waals surface area contributed by atoms with Gasteiger partial charge < -0.3 is 5.32 Å². The largest absolute Gasteiger partial charge is 0.319 e. The van der Waals surface area contributed by atoms with Crippen LogP contribution in [0, 0.1) is 18.3 Å². The van der Waals surface area contributed by atoms with E-state index in [1.54, 1.807) is 13.0 Å². The van der Waals surface area contributed by atoms with Gasteiger partial charge in [-0.15, -0.1) is 0 Å². The quantitative estimate of drug-likeness (QED) is 0.537. The number of benzene rings is 1. The second-order valence-corrected chi connectivity index (χ2v) is 7.53. The fraction of sp³-hybridized carbons (Fsp3) is 0.0588. The van der Waals surface area contributed by atoms with Crippen molar-refractivity contribution in [2.24, 2.45) is 0 Å². The summed E-state index contributed by atoms with van der Waals surface area (Å²) in [7, 11) is 0. The van der Waals surface area contributed by atoms with E-state index in [4.69, 9.17) is 34.8 Å². The fourth-order valence-corrected chi connectivity index (χ4v) is 3.52. The van der Waals surface area contributed by atoms with Crippen molar-refractivity contribution in [2.45, 2.75) is 6.92 Å². The van der Waals surface area contributed by atoms with E-state index in [1.165, 1.54) is 29.1 Å². The van der Waals surface area contributed by atoms with Gasteiger partial charge in [0.1, 0.15) is 16.4 Å². The topological polar surface area (TPSA) is 83.6 Å². The average Bonchev–Trinajstić information content (AvgIpc) is 2.98. The number of nitrogens with zero attached hydrogens (tertiary/aromatic N) is 4. The molecular weight excluding hydrogens is 476 g/mol. The van der Waals surface area contributed by atoms with Gasteiger partial charge in [-0.05, 0) is 46.6 Å². The minimum Gasteiger partial charge on any atom is -0.319 e. The Morgan fingerprint density at radius 1 is 1.22 bits per heavy atom. The van der Waals surface area contributed by atoms with E-state index in [2.05, 4.69) is 31.3 Å². The van der Waals surface area contributed by atoms with Crippen LogP contribution >= 0.6 is 50.7 Å². The van der Waals surface area contributed by atoms with Crippen LogP contribution in [0.5, 0.6) is 0 Å². The highest BCUT2D eigenvalue weighted by Crippen LogP contribution is 2.27. The van der Waals surface area contributed by atoms with Crippen molar-refractivity contribution in [3.63, 3.8) is 0 Å². The second kappa shape index (κ2) is 7.87. The predicted octanol–water partition coefficient (Wildman–Crippen LogP) is 5.42. The van der Waals surface area contributed by atoms with Gasteiger partial charge in [-0.3, -0.25) is 4.79 Å². The van der Waals surface area contributed by atoms with Gasteiger partial charge in [0.2, 0.25) is 0 Å². The van der Waals surface area contributed by atoms with Gasteiger partial charge in [-0.1, -0.05) is 34.8 Å². The number of pyridine rings is 1. The lowest BCUT2D eigenvalue weighted by molar-refractivity contribution is 0.101. The molecule has 3 aromatic rings. The Hall–Kier alpha value is -2.11. The molecule has 0 fully saturated rings. The summed E-state index contributed by atoms with van der Waals surface area (Å²) in [5.74, 6) is -0.256. The molecule has 0 unspecified atom stereocenters. The molecule has 2 heterocycles. The van der Waals surface area contributed by atoms with Crippen LogP contribution < -0.4 is 5.32 Å². The molecule has 136 valence electrons. The van der Waals surface area contributed by atoms with Crippen molar-refractivity contribution in [3.05, 3.63) is 67.0 Å². The zero-order valence-electron chi connectivity index (χ0n) is 13.6. The molecule has 10 heteroatoms. The zero-order valence-corrected chi connectivity index (χ0v) is 17.4. The van der Waals surface area contributed by atoms with E-state index < -0.39 is 5.91 Å². The lowest BCUT2D eigenvalue weighted by Gasteiger charge is -2.12. The average molecular weight is 486 g/mol. The maximum absolute atomic E-state index is 12.9. The summed E-state index contributed by atoms with van der Waals surface area (Å²) >= 11 is 21.3. The summed E-state index contributed by atoms with van der Waals surface area (Å²) in [6.45, 7) is 1.74. The maximum Gasteiger partial charge on any atom is 0.274 e. The maximum atomic E-state index is 12.9. The van der Waals surface area contributed by atoms with Gasteiger partial charge >= 0.3 is 0 Å². The molecule has 0 radical (unpaired) electrons. The molecule has 1 aromatic carbocycles. The Labute approximate surface area is 177 Å². The van der Waals surface area contributed by atoms with Gasteiger partial charge in [0.25, 0.3) is 5.91 Å². The van der Waals surface area contributed by atoms with Crippen LogP contribution in [0.3, 0.4) is 0 Å². The number of aromatic nitrogens is 3. The normalized spacial score (nSPS) is 10.5. The number of rotatable bonds is 3. The third-order valence-corrected chi connectivity index (χ3v) is 4.65. The molecule has 3 rings (SSSR count). The second-order valence-electron chi connectivity index (χ2n) is 5.43. The number of anilines is 1. The Balaban J connectivity index is 2.04. The van der Waals surface area contributed by atoms with Crippen molar-refractivity contribution in [1.82, 2.24) is 14.8 Å². The summed E-state index contributed by atoms with van der Waals surface area (Å²) in [5.41, 5.74) is 1.43. The highest BCUT2D eigenvalue weighted by Gasteiger charge is 2.21. The molecular formula is C17H9BrCl3N5O. The van der Waals surface area contributed by atoms with E-state index in [9.17, 15) is 10.1 Å². The van der Waals surface area contributed by atoms with Crippen molar-refractivity contribution in [2.75, 3.05) is 5.32 Å². The Morgan fingerprint density at radius 3 is 2.63 bits per heavy atom. The minimum atomic E-state index is -0.497. The van der Waals surface area contributed by atoms with Crippen LogP contribution in [0.2, 0.25) is 15.1 Å². The summed E-state index contributed by atoms with van der Waals surface area (Å²) in [4.78, 5) is 17.0. The Bertz CT molecular complexity index is 1110. The summed E-state index contributed by atoms with van der Waals surface area (Å²) in [5, 5.41) is 17.3. The highest BCUT2D eigenvalue weighted by molar-refractivity contribution is 9.10. The van der Waals surface area contributed by atoms with E-state index in [-0.39, 0.29) is 22.1 Å². The van der Waals surface area contributed by atoms with Crippen LogP contribution in [0.25, 0.3) is 5.82 Å². The predicted molar refractivity (Wildman–Crippen MR) is 108 cm³/mol. The standard InChI is InChI=1S/C17H9BrCl3N5O/c1-8-2-10(19)3-9(6-22)15(8)24-17(27)13-5-14(18)25-26(13)16-12(21)4-11(20)7-23-16/h2-5,7H,1H3,(H,24,27). The minimum absolute atomic E-state index is 0.164. The molecule has 0 aliphatic heterocycles. The van der Waals surface area contributed by atoms with Gasteiger partial charge in [0.15, 0.2) is 5.82 Å². The van der Waals surface area contributed by atoms with E-state index >= 15 is 0 Å². The first-order valence-corrected chi connectivity index (χ1v) is 9.31. The molecule has 0 spiro atoms. The van der Waals surface area contributed by atoms with E-state index in [1.807, 2.05) is 6.07 Å². The lowest BCUT2D eigenvalue weighted by Crippen LogP contribution is -2.19. The SMILES string of the molecule is Cc1cc(Cl)cc(C#N)c1NC(=O)c1cc(Br)nn1-c1ncc(Cl)cc1Cl.